The van der Waals surface area contributed by atoms with Gasteiger partial charge < -0.3 is 10.6 Å². The van der Waals surface area contributed by atoms with Gasteiger partial charge >= 0.3 is 0 Å². The molecule has 1 amide bonds. The third-order valence-electron chi connectivity index (χ3n) is 4.34. The van der Waals surface area contributed by atoms with Gasteiger partial charge in [-0.2, -0.15) is 0 Å². The Labute approximate surface area is 115 Å². The number of nitrogens with zero attached hydrogens (tertiary/aromatic N) is 1. The maximum atomic E-state index is 12.8. The van der Waals surface area contributed by atoms with Gasteiger partial charge in [-0.1, -0.05) is 32.0 Å². The van der Waals surface area contributed by atoms with Crippen LogP contribution in [0.25, 0.3) is 0 Å². The summed E-state index contributed by atoms with van der Waals surface area (Å²) in [5, 5.41) is 0. The highest BCUT2D eigenvalue weighted by molar-refractivity contribution is 5.98. The minimum Gasteiger partial charge on any atom is -0.329 e. The molecule has 0 saturated heterocycles. The van der Waals surface area contributed by atoms with E-state index in [0.29, 0.717) is 12.5 Å². The van der Waals surface area contributed by atoms with Crippen molar-refractivity contribution in [3.63, 3.8) is 0 Å². The van der Waals surface area contributed by atoms with Crippen molar-refractivity contribution in [3.05, 3.63) is 29.8 Å². The summed E-state index contributed by atoms with van der Waals surface area (Å²) in [5.41, 5.74) is 7.71. The third kappa shape index (κ3) is 2.52. The van der Waals surface area contributed by atoms with Crippen LogP contribution in [0.2, 0.25) is 0 Å². The second-order valence-electron chi connectivity index (χ2n) is 5.97. The predicted molar refractivity (Wildman–Crippen MR) is 79.1 cm³/mol. The number of para-hydroxylation sites is 1. The van der Waals surface area contributed by atoms with E-state index in [1.807, 2.05) is 36.9 Å². The monoisotopic (exact) mass is 260 g/mol. The molecular formula is C16H24N2O. The first-order valence-corrected chi connectivity index (χ1v) is 7.11. The smallest absolute Gasteiger partial charge is 0.234 e. The highest BCUT2D eigenvalue weighted by Gasteiger charge is 2.37. The van der Waals surface area contributed by atoms with E-state index in [0.717, 1.165) is 25.1 Å². The largest absolute Gasteiger partial charge is 0.329 e. The summed E-state index contributed by atoms with van der Waals surface area (Å²) in [6.45, 7) is 7.39. The molecule has 2 N–H and O–H groups in total. The fraction of sp³-hybridized carbons (Fsp3) is 0.562. The zero-order chi connectivity index (χ0) is 14.0. The molecule has 1 heterocycles. The Balaban J connectivity index is 2.38. The van der Waals surface area contributed by atoms with Gasteiger partial charge in [0.1, 0.15) is 0 Å². The minimum atomic E-state index is -0.454. The van der Waals surface area contributed by atoms with Crippen molar-refractivity contribution in [3.8, 4) is 0 Å². The van der Waals surface area contributed by atoms with Crippen molar-refractivity contribution in [2.24, 2.45) is 17.1 Å². The molecule has 3 heteroatoms. The van der Waals surface area contributed by atoms with E-state index < -0.39 is 5.41 Å². The first-order chi connectivity index (χ1) is 9.01. The molecular weight excluding hydrogens is 236 g/mol. The van der Waals surface area contributed by atoms with E-state index in [1.54, 1.807) is 0 Å². The summed E-state index contributed by atoms with van der Waals surface area (Å²) < 4.78 is 0. The van der Waals surface area contributed by atoms with Crippen LogP contribution in [0.15, 0.2) is 24.3 Å². The van der Waals surface area contributed by atoms with Gasteiger partial charge in [0.25, 0.3) is 0 Å². The van der Waals surface area contributed by atoms with Gasteiger partial charge in [-0.3, -0.25) is 4.79 Å². The molecule has 1 aromatic rings. The van der Waals surface area contributed by atoms with E-state index >= 15 is 0 Å². The molecule has 104 valence electrons. The Morgan fingerprint density at radius 1 is 1.47 bits per heavy atom. The van der Waals surface area contributed by atoms with E-state index in [1.165, 1.54) is 5.56 Å². The van der Waals surface area contributed by atoms with Crippen LogP contribution in [0.5, 0.6) is 0 Å². The Kier molecular flexibility index (Phi) is 3.95. The van der Waals surface area contributed by atoms with Gasteiger partial charge in [0.05, 0.1) is 5.41 Å². The zero-order valence-electron chi connectivity index (χ0n) is 12.1. The fourth-order valence-electron chi connectivity index (χ4n) is 2.70. The number of hydrogen-bond donors (Lipinski definition) is 1. The lowest BCUT2D eigenvalue weighted by Gasteiger charge is -2.38. The maximum absolute atomic E-state index is 12.8. The summed E-state index contributed by atoms with van der Waals surface area (Å²) in [6.07, 6.45) is 1.82. The van der Waals surface area contributed by atoms with Gasteiger partial charge in [-0.25, -0.2) is 0 Å². The molecule has 2 rings (SSSR count). The maximum Gasteiger partial charge on any atom is 0.234 e. The van der Waals surface area contributed by atoms with E-state index in [9.17, 15) is 4.79 Å². The number of nitrogens with two attached hydrogens (primary N) is 1. The van der Waals surface area contributed by atoms with Crippen molar-refractivity contribution in [2.75, 3.05) is 18.0 Å². The SMILES string of the molecule is CCC(C)(CN)C(=O)N1CC(C)Cc2ccccc21. The number of benzene rings is 1. The second kappa shape index (κ2) is 5.33. The van der Waals surface area contributed by atoms with Gasteiger partial charge in [-0.05, 0) is 37.3 Å². The number of fused-ring (bicyclic) bond motifs is 1. The number of amides is 1. The van der Waals surface area contributed by atoms with Crippen LogP contribution in [0.1, 0.15) is 32.8 Å². The highest BCUT2D eigenvalue weighted by Crippen LogP contribution is 2.33. The lowest BCUT2D eigenvalue weighted by Crippen LogP contribution is -2.49. The lowest BCUT2D eigenvalue weighted by atomic mass is 9.84. The van der Waals surface area contributed by atoms with Gasteiger partial charge in [0.2, 0.25) is 5.91 Å². The molecule has 0 bridgehead atoms. The highest BCUT2D eigenvalue weighted by atomic mass is 16.2. The molecule has 1 aliphatic heterocycles. The molecule has 0 spiro atoms. The minimum absolute atomic E-state index is 0.163. The van der Waals surface area contributed by atoms with Crippen molar-refractivity contribution in [2.45, 2.75) is 33.6 Å². The molecule has 1 aromatic carbocycles. The molecule has 0 fully saturated rings. The lowest BCUT2D eigenvalue weighted by molar-refractivity contribution is -0.127. The number of anilines is 1. The first kappa shape index (κ1) is 14.1. The van der Waals surface area contributed by atoms with Crippen molar-refractivity contribution in [1.82, 2.24) is 0 Å². The molecule has 2 unspecified atom stereocenters. The zero-order valence-corrected chi connectivity index (χ0v) is 12.1. The number of hydrogen-bond acceptors (Lipinski definition) is 2. The van der Waals surface area contributed by atoms with Crippen LogP contribution >= 0.6 is 0 Å². The molecule has 0 aromatic heterocycles. The van der Waals surface area contributed by atoms with Crippen LogP contribution in [-0.2, 0) is 11.2 Å². The van der Waals surface area contributed by atoms with Gasteiger partial charge in [0, 0.05) is 18.8 Å². The average Bonchev–Trinajstić information content (AvgIpc) is 2.44. The van der Waals surface area contributed by atoms with Crippen LogP contribution in [0.4, 0.5) is 5.69 Å². The Morgan fingerprint density at radius 2 is 2.16 bits per heavy atom. The second-order valence-corrected chi connectivity index (χ2v) is 5.97. The number of rotatable bonds is 3. The molecule has 1 aliphatic rings. The molecule has 19 heavy (non-hydrogen) atoms. The molecule has 2 atom stereocenters. The normalized spacial score (nSPS) is 21.7. The standard InChI is InChI=1S/C16H24N2O/c1-4-16(3,11-17)15(19)18-10-12(2)9-13-7-5-6-8-14(13)18/h5-8,12H,4,9-11,17H2,1-3H3. The van der Waals surface area contributed by atoms with Crippen LogP contribution in [0.3, 0.4) is 0 Å². The van der Waals surface area contributed by atoms with E-state index in [-0.39, 0.29) is 5.91 Å². The molecule has 0 radical (unpaired) electrons. The summed E-state index contributed by atoms with van der Waals surface area (Å²) in [5.74, 6) is 0.661. The first-order valence-electron chi connectivity index (χ1n) is 7.11. The van der Waals surface area contributed by atoms with E-state index in [2.05, 4.69) is 13.0 Å². The van der Waals surface area contributed by atoms with Crippen molar-refractivity contribution >= 4 is 11.6 Å². The van der Waals surface area contributed by atoms with E-state index in [4.69, 9.17) is 5.73 Å². The van der Waals surface area contributed by atoms with Crippen LogP contribution in [-0.4, -0.2) is 19.0 Å². The Morgan fingerprint density at radius 3 is 2.79 bits per heavy atom. The van der Waals surface area contributed by atoms with Gasteiger partial charge in [0.15, 0.2) is 0 Å². The number of carbonyl (C=O) groups excluding carboxylic acids is 1. The number of carbonyl (C=O) groups is 1. The third-order valence-corrected chi connectivity index (χ3v) is 4.34. The predicted octanol–water partition coefficient (Wildman–Crippen LogP) is 2.59. The average molecular weight is 260 g/mol. The fourth-order valence-corrected chi connectivity index (χ4v) is 2.70. The summed E-state index contributed by atoms with van der Waals surface area (Å²) >= 11 is 0. The summed E-state index contributed by atoms with van der Waals surface area (Å²) in [7, 11) is 0. The Hall–Kier alpha value is -1.35. The molecule has 0 saturated carbocycles. The summed E-state index contributed by atoms with van der Waals surface area (Å²) in [4.78, 5) is 14.8. The van der Waals surface area contributed by atoms with Crippen molar-refractivity contribution < 1.29 is 4.79 Å². The van der Waals surface area contributed by atoms with Gasteiger partial charge in [-0.15, -0.1) is 0 Å². The topological polar surface area (TPSA) is 46.3 Å². The quantitative estimate of drug-likeness (QED) is 0.908. The van der Waals surface area contributed by atoms with Crippen molar-refractivity contribution in [1.29, 1.82) is 0 Å². The van der Waals surface area contributed by atoms with Crippen LogP contribution < -0.4 is 10.6 Å². The van der Waals surface area contributed by atoms with Crippen LogP contribution in [0, 0.1) is 11.3 Å². The summed E-state index contributed by atoms with van der Waals surface area (Å²) in [6, 6.07) is 8.21. The molecule has 3 nitrogen and oxygen atoms in total. The molecule has 0 aliphatic carbocycles. The Bertz CT molecular complexity index is 466.